The third kappa shape index (κ3) is 4.35. The minimum Gasteiger partial charge on any atom is -0.340 e. The van der Waals surface area contributed by atoms with Crippen molar-refractivity contribution in [2.45, 2.75) is 26.2 Å². The second-order valence-electron chi connectivity index (χ2n) is 5.24. The summed E-state index contributed by atoms with van der Waals surface area (Å²) in [5.74, 6) is 0.265. The van der Waals surface area contributed by atoms with Crippen molar-refractivity contribution in [1.82, 2.24) is 9.80 Å². The van der Waals surface area contributed by atoms with Crippen LogP contribution in [0.2, 0.25) is 0 Å². The molecule has 3 nitrogen and oxygen atoms in total. The number of unbranched alkanes of at least 4 members (excludes halogenated alkanes) is 1. The van der Waals surface area contributed by atoms with Gasteiger partial charge in [0.05, 0.1) is 6.42 Å². The summed E-state index contributed by atoms with van der Waals surface area (Å²) in [6.07, 6.45) is 3.04. The van der Waals surface area contributed by atoms with Crippen LogP contribution in [-0.4, -0.2) is 48.4 Å². The van der Waals surface area contributed by atoms with Crippen LogP contribution in [0.3, 0.4) is 0 Å². The van der Waals surface area contributed by atoms with Crippen LogP contribution < -0.4 is 0 Å². The van der Waals surface area contributed by atoms with E-state index in [4.69, 9.17) is 0 Å². The lowest BCUT2D eigenvalue weighted by molar-refractivity contribution is -0.132. The second-order valence-corrected chi connectivity index (χ2v) is 5.24. The smallest absolute Gasteiger partial charge is 0.227 e. The monoisotopic (exact) mass is 260 g/mol. The number of amides is 1. The summed E-state index contributed by atoms with van der Waals surface area (Å²) in [5, 5.41) is 0. The molecular formula is C16H24N2O. The van der Waals surface area contributed by atoms with Gasteiger partial charge < -0.3 is 4.90 Å². The molecule has 0 N–H and O–H groups in total. The largest absolute Gasteiger partial charge is 0.340 e. The molecule has 0 spiro atoms. The standard InChI is InChI=1S/C16H24N2O/c1-2-3-9-17-10-12-18(13-11-17)16(19)14-15-7-5-4-6-8-15/h4-8H,2-3,9-14H2,1H3. The van der Waals surface area contributed by atoms with Gasteiger partial charge in [-0.1, -0.05) is 43.7 Å². The molecule has 1 heterocycles. The maximum Gasteiger partial charge on any atom is 0.227 e. The molecule has 2 rings (SSSR count). The Bertz CT molecular complexity index is 383. The van der Waals surface area contributed by atoms with E-state index in [0.717, 1.165) is 31.7 Å². The number of hydrogen-bond acceptors (Lipinski definition) is 2. The molecule has 1 aromatic carbocycles. The molecule has 19 heavy (non-hydrogen) atoms. The normalized spacial score (nSPS) is 16.6. The predicted octanol–water partition coefficient (Wildman–Crippen LogP) is 2.17. The molecule has 3 heteroatoms. The number of nitrogens with zero attached hydrogens (tertiary/aromatic N) is 2. The van der Waals surface area contributed by atoms with Crippen molar-refractivity contribution < 1.29 is 4.79 Å². The molecule has 0 aromatic heterocycles. The minimum atomic E-state index is 0.265. The summed E-state index contributed by atoms with van der Waals surface area (Å²) in [7, 11) is 0. The van der Waals surface area contributed by atoms with Crippen LogP contribution in [0.4, 0.5) is 0 Å². The Morgan fingerprint density at radius 2 is 1.79 bits per heavy atom. The van der Waals surface area contributed by atoms with Gasteiger partial charge in [-0.15, -0.1) is 0 Å². The van der Waals surface area contributed by atoms with Gasteiger partial charge in [0, 0.05) is 26.2 Å². The van der Waals surface area contributed by atoms with Gasteiger partial charge in [-0.25, -0.2) is 0 Å². The third-order valence-corrected chi connectivity index (χ3v) is 3.75. The van der Waals surface area contributed by atoms with Gasteiger partial charge in [0.15, 0.2) is 0 Å². The number of carbonyl (C=O) groups is 1. The first-order valence-electron chi connectivity index (χ1n) is 7.33. The third-order valence-electron chi connectivity index (χ3n) is 3.75. The second kappa shape index (κ2) is 7.29. The molecule has 0 aliphatic carbocycles. The molecule has 0 radical (unpaired) electrons. The van der Waals surface area contributed by atoms with E-state index in [1.807, 2.05) is 35.2 Å². The quantitative estimate of drug-likeness (QED) is 0.810. The summed E-state index contributed by atoms with van der Waals surface area (Å²) in [6.45, 7) is 7.22. The molecule has 0 saturated carbocycles. The SMILES string of the molecule is CCCCN1CCN(C(=O)Cc2ccccc2)CC1. The van der Waals surface area contributed by atoms with E-state index in [1.165, 1.54) is 19.4 Å². The number of hydrogen-bond donors (Lipinski definition) is 0. The fourth-order valence-corrected chi connectivity index (χ4v) is 2.48. The Morgan fingerprint density at radius 3 is 2.42 bits per heavy atom. The minimum absolute atomic E-state index is 0.265. The molecule has 0 atom stereocenters. The van der Waals surface area contributed by atoms with Crippen molar-refractivity contribution in [3.63, 3.8) is 0 Å². The highest BCUT2D eigenvalue weighted by Crippen LogP contribution is 2.07. The summed E-state index contributed by atoms with van der Waals surface area (Å²) >= 11 is 0. The van der Waals surface area contributed by atoms with Crippen LogP contribution in [0.15, 0.2) is 30.3 Å². The first kappa shape index (κ1) is 14.1. The zero-order valence-electron chi connectivity index (χ0n) is 11.8. The molecular weight excluding hydrogens is 236 g/mol. The fraction of sp³-hybridized carbons (Fsp3) is 0.562. The van der Waals surface area contributed by atoms with E-state index in [2.05, 4.69) is 11.8 Å². The number of carbonyl (C=O) groups excluding carboxylic acids is 1. The van der Waals surface area contributed by atoms with Crippen LogP contribution in [0.25, 0.3) is 0 Å². The summed E-state index contributed by atoms with van der Waals surface area (Å²) in [5.41, 5.74) is 1.11. The highest BCUT2D eigenvalue weighted by molar-refractivity contribution is 5.78. The van der Waals surface area contributed by atoms with Gasteiger partial charge in [-0.2, -0.15) is 0 Å². The molecule has 1 fully saturated rings. The molecule has 0 unspecified atom stereocenters. The van der Waals surface area contributed by atoms with Gasteiger partial charge in [0.25, 0.3) is 0 Å². The number of benzene rings is 1. The lowest BCUT2D eigenvalue weighted by Gasteiger charge is -2.34. The van der Waals surface area contributed by atoms with Crippen LogP contribution in [0.1, 0.15) is 25.3 Å². The van der Waals surface area contributed by atoms with Crippen LogP contribution in [0, 0.1) is 0 Å². The fourth-order valence-electron chi connectivity index (χ4n) is 2.48. The molecule has 1 saturated heterocycles. The van der Waals surface area contributed by atoms with Crippen molar-refractivity contribution in [2.75, 3.05) is 32.7 Å². The van der Waals surface area contributed by atoms with Crippen LogP contribution in [-0.2, 0) is 11.2 Å². The summed E-state index contributed by atoms with van der Waals surface area (Å²) < 4.78 is 0. The summed E-state index contributed by atoms with van der Waals surface area (Å²) in [6, 6.07) is 10.0. The van der Waals surface area contributed by atoms with Gasteiger partial charge in [0.2, 0.25) is 5.91 Å². The molecule has 1 aliphatic rings. The first-order valence-corrected chi connectivity index (χ1v) is 7.33. The van der Waals surface area contributed by atoms with E-state index in [-0.39, 0.29) is 5.91 Å². The highest BCUT2D eigenvalue weighted by Gasteiger charge is 2.20. The highest BCUT2D eigenvalue weighted by atomic mass is 16.2. The van der Waals surface area contributed by atoms with Crippen molar-refractivity contribution in [2.24, 2.45) is 0 Å². The van der Waals surface area contributed by atoms with E-state index < -0.39 is 0 Å². The lowest BCUT2D eigenvalue weighted by Crippen LogP contribution is -2.49. The first-order chi connectivity index (χ1) is 9.29. The van der Waals surface area contributed by atoms with Crippen molar-refractivity contribution in [3.05, 3.63) is 35.9 Å². The number of rotatable bonds is 5. The predicted molar refractivity (Wildman–Crippen MR) is 78.1 cm³/mol. The van der Waals surface area contributed by atoms with Crippen LogP contribution >= 0.6 is 0 Å². The average Bonchev–Trinajstić information content (AvgIpc) is 2.46. The van der Waals surface area contributed by atoms with Gasteiger partial charge in [-0.05, 0) is 18.5 Å². The molecule has 0 bridgehead atoms. The lowest BCUT2D eigenvalue weighted by atomic mass is 10.1. The van der Waals surface area contributed by atoms with Crippen molar-refractivity contribution in [3.8, 4) is 0 Å². The summed E-state index contributed by atoms with van der Waals surface area (Å²) in [4.78, 5) is 16.7. The zero-order chi connectivity index (χ0) is 13.5. The van der Waals surface area contributed by atoms with E-state index in [1.54, 1.807) is 0 Å². The van der Waals surface area contributed by atoms with Gasteiger partial charge in [-0.3, -0.25) is 9.69 Å². The molecule has 1 aliphatic heterocycles. The number of piperazine rings is 1. The maximum atomic E-state index is 12.2. The van der Waals surface area contributed by atoms with E-state index in [9.17, 15) is 4.79 Å². The molecule has 1 aromatic rings. The van der Waals surface area contributed by atoms with Crippen molar-refractivity contribution in [1.29, 1.82) is 0 Å². The van der Waals surface area contributed by atoms with Gasteiger partial charge >= 0.3 is 0 Å². The Morgan fingerprint density at radius 1 is 1.11 bits per heavy atom. The Kier molecular flexibility index (Phi) is 5.40. The van der Waals surface area contributed by atoms with E-state index in [0.29, 0.717) is 6.42 Å². The van der Waals surface area contributed by atoms with E-state index >= 15 is 0 Å². The Hall–Kier alpha value is -1.35. The van der Waals surface area contributed by atoms with Crippen molar-refractivity contribution >= 4 is 5.91 Å². The molecule has 1 amide bonds. The maximum absolute atomic E-state index is 12.2. The molecule has 104 valence electrons. The Labute approximate surface area is 116 Å². The average molecular weight is 260 g/mol. The van der Waals surface area contributed by atoms with Crippen LogP contribution in [0.5, 0.6) is 0 Å². The zero-order valence-corrected chi connectivity index (χ0v) is 11.8. The van der Waals surface area contributed by atoms with Gasteiger partial charge in [0.1, 0.15) is 0 Å². The Balaban J connectivity index is 1.76. The topological polar surface area (TPSA) is 23.6 Å².